The SMILES string of the molecule is O=C(CC(F)(F)F)NC(CCN1CCC(c2nc(Cc3ccc(F)cc3)no2)CC1)c1ccccc1. The second-order valence-electron chi connectivity index (χ2n) is 9.08. The second-order valence-corrected chi connectivity index (χ2v) is 9.08. The molecule has 10 heteroatoms. The van der Waals surface area contributed by atoms with E-state index in [0.717, 1.165) is 37.1 Å². The molecule has 1 saturated heterocycles. The summed E-state index contributed by atoms with van der Waals surface area (Å²) in [6, 6.07) is 14.7. The molecule has 1 aliphatic heterocycles. The molecular weight excluding hydrogens is 476 g/mol. The van der Waals surface area contributed by atoms with Crippen LogP contribution in [-0.2, 0) is 11.2 Å². The fourth-order valence-electron chi connectivity index (χ4n) is 4.44. The van der Waals surface area contributed by atoms with Gasteiger partial charge < -0.3 is 14.7 Å². The van der Waals surface area contributed by atoms with Crippen LogP contribution in [0.4, 0.5) is 17.6 Å². The van der Waals surface area contributed by atoms with Crippen molar-refractivity contribution in [1.82, 2.24) is 20.4 Å². The zero-order valence-electron chi connectivity index (χ0n) is 19.7. The Balaban J connectivity index is 1.28. The summed E-state index contributed by atoms with van der Waals surface area (Å²) in [5.41, 5.74) is 1.68. The Kier molecular flexibility index (Phi) is 8.35. The van der Waals surface area contributed by atoms with Gasteiger partial charge in [-0.2, -0.15) is 18.2 Å². The lowest BCUT2D eigenvalue weighted by molar-refractivity contribution is -0.154. The van der Waals surface area contributed by atoms with Crippen LogP contribution in [-0.4, -0.2) is 46.8 Å². The van der Waals surface area contributed by atoms with Crippen molar-refractivity contribution in [1.29, 1.82) is 0 Å². The molecule has 1 N–H and O–H groups in total. The van der Waals surface area contributed by atoms with Crippen LogP contribution >= 0.6 is 0 Å². The van der Waals surface area contributed by atoms with Crippen molar-refractivity contribution in [3.8, 4) is 0 Å². The van der Waals surface area contributed by atoms with E-state index in [2.05, 4.69) is 20.4 Å². The lowest BCUT2D eigenvalue weighted by Crippen LogP contribution is -2.37. The Morgan fingerprint density at radius 3 is 2.44 bits per heavy atom. The van der Waals surface area contributed by atoms with E-state index in [1.165, 1.54) is 12.1 Å². The summed E-state index contributed by atoms with van der Waals surface area (Å²) in [6.07, 6.45) is -3.44. The van der Waals surface area contributed by atoms with Gasteiger partial charge in [-0.3, -0.25) is 4.79 Å². The molecule has 0 aliphatic carbocycles. The largest absolute Gasteiger partial charge is 0.397 e. The highest BCUT2D eigenvalue weighted by molar-refractivity contribution is 5.77. The minimum absolute atomic E-state index is 0.132. The Bertz CT molecular complexity index is 1110. The summed E-state index contributed by atoms with van der Waals surface area (Å²) in [5, 5.41) is 6.61. The van der Waals surface area contributed by atoms with Gasteiger partial charge in [0.1, 0.15) is 12.2 Å². The van der Waals surface area contributed by atoms with E-state index >= 15 is 0 Å². The molecule has 4 rings (SSSR count). The molecule has 6 nitrogen and oxygen atoms in total. The van der Waals surface area contributed by atoms with Gasteiger partial charge >= 0.3 is 6.18 Å². The highest BCUT2D eigenvalue weighted by Crippen LogP contribution is 2.28. The number of amides is 1. The molecule has 192 valence electrons. The summed E-state index contributed by atoms with van der Waals surface area (Å²) in [7, 11) is 0. The third kappa shape index (κ3) is 7.61. The number of nitrogens with zero attached hydrogens (tertiary/aromatic N) is 3. The summed E-state index contributed by atoms with van der Waals surface area (Å²) in [4.78, 5) is 18.7. The van der Waals surface area contributed by atoms with Crippen LogP contribution in [0, 0.1) is 5.82 Å². The van der Waals surface area contributed by atoms with E-state index in [9.17, 15) is 22.4 Å². The molecule has 1 fully saturated rings. The molecule has 2 aromatic carbocycles. The number of carbonyl (C=O) groups excluding carboxylic acids is 1. The summed E-state index contributed by atoms with van der Waals surface area (Å²) in [5.74, 6) is -0.0409. The smallest absolute Gasteiger partial charge is 0.349 e. The fraction of sp³-hybridized carbons (Fsp3) is 0.423. The van der Waals surface area contributed by atoms with Gasteiger partial charge in [-0.05, 0) is 55.6 Å². The molecule has 0 spiro atoms. The zero-order valence-corrected chi connectivity index (χ0v) is 19.7. The molecule has 36 heavy (non-hydrogen) atoms. The third-order valence-corrected chi connectivity index (χ3v) is 6.33. The van der Waals surface area contributed by atoms with Crippen LogP contribution in [0.1, 0.15) is 60.5 Å². The number of likely N-dealkylation sites (tertiary alicyclic amines) is 1. The molecule has 1 amide bonds. The average Bonchev–Trinajstić information content (AvgIpc) is 3.31. The Morgan fingerprint density at radius 1 is 1.08 bits per heavy atom. The third-order valence-electron chi connectivity index (χ3n) is 6.33. The van der Waals surface area contributed by atoms with Crippen LogP contribution in [0.15, 0.2) is 59.1 Å². The van der Waals surface area contributed by atoms with Crippen molar-refractivity contribution in [2.75, 3.05) is 19.6 Å². The summed E-state index contributed by atoms with van der Waals surface area (Å²) < 4.78 is 56.5. The molecule has 1 aliphatic rings. The Labute approximate surface area is 206 Å². The molecule has 2 heterocycles. The lowest BCUT2D eigenvalue weighted by atomic mass is 9.96. The zero-order chi connectivity index (χ0) is 25.5. The first-order valence-corrected chi connectivity index (χ1v) is 12.0. The molecule has 1 aromatic heterocycles. The standard InChI is InChI=1S/C26H28F4N4O2/c27-21-8-6-18(7-9-21)16-23-32-25(36-33-23)20-10-13-34(14-11-20)15-12-22(19-4-2-1-3-5-19)31-24(35)17-26(28,29)30/h1-9,20,22H,10-17H2,(H,31,35). The van der Waals surface area contributed by atoms with Crippen LogP contribution in [0.2, 0.25) is 0 Å². The predicted molar refractivity (Wildman–Crippen MR) is 125 cm³/mol. The predicted octanol–water partition coefficient (Wildman–Crippen LogP) is 5.18. The van der Waals surface area contributed by atoms with E-state index < -0.39 is 24.5 Å². The molecule has 1 atom stereocenters. The van der Waals surface area contributed by atoms with Gasteiger partial charge in [-0.1, -0.05) is 47.6 Å². The maximum Gasteiger partial charge on any atom is 0.397 e. The first-order chi connectivity index (χ1) is 17.2. The van der Waals surface area contributed by atoms with Crippen LogP contribution in [0.5, 0.6) is 0 Å². The van der Waals surface area contributed by atoms with Crippen molar-refractivity contribution in [2.24, 2.45) is 0 Å². The average molecular weight is 505 g/mol. The number of benzene rings is 2. The van der Waals surface area contributed by atoms with Gasteiger partial charge in [0.05, 0.1) is 6.04 Å². The van der Waals surface area contributed by atoms with Crippen molar-refractivity contribution < 1.29 is 26.9 Å². The first-order valence-electron chi connectivity index (χ1n) is 12.0. The van der Waals surface area contributed by atoms with Crippen molar-refractivity contribution in [2.45, 2.75) is 50.2 Å². The summed E-state index contributed by atoms with van der Waals surface area (Å²) >= 11 is 0. The number of carbonyl (C=O) groups is 1. The first kappa shape index (κ1) is 25.8. The van der Waals surface area contributed by atoms with Crippen LogP contribution in [0.3, 0.4) is 0 Å². The van der Waals surface area contributed by atoms with E-state index in [1.54, 1.807) is 24.3 Å². The van der Waals surface area contributed by atoms with E-state index in [1.807, 2.05) is 18.2 Å². The number of rotatable bonds is 9. The Hall–Kier alpha value is -3.27. The van der Waals surface area contributed by atoms with Gasteiger partial charge in [0, 0.05) is 18.9 Å². The second kappa shape index (κ2) is 11.6. The van der Waals surface area contributed by atoms with E-state index in [0.29, 0.717) is 31.1 Å². The number of aromatic nitrogens is 2. The maximum atomic E-state index is 13.1. The van der Waals surface area contributed by atoms with Gasteiger partial charge in [-0.15, -0.1) is 0 Å². The molecule has 0 saturated carbocycles. The van der Waals surface area contributed by atoms with E-state index in [4.69, 9.17) is 4.52 Å². The van der Waals surface area contributed by atoms with Gasteiger partial charge in [0.15, 0.2) is 5.82 Å². The highest BCUT2D eigenvalue weighted by atomic mass is 19.4. The van der Waals surface area contributed by atoms with E-state index in [-0.39, 0.29) is 11.7 Å². The molecule has 1 unspecified atom stereocenters. The van der Waals surface area contributed by atoms with Gasteiger partial charge in [-0.25, -0.2) is 4.39 Å². The number of halogens is 4. The highest BCUT2D eigenvalue weighted by Gasteiger charge is 2.32. The number of hydrogen-bond donors (Lipinski definition) is 1. The van der Waals surface area contributed by atoms with Gasteiger partial charge in [0.2, 0.25) is 11.8 Å². The number of nitrogens with one attached hydrogen (secondary N) is 1. The topological polar surface area (TPSA) is 71.3 Å². The number of hydrogen-bond acceptors (Lipinski definition) is 5. The maximum absolute atomic E-state index is 13.1. The lowest BCUT2D eigenvalue weighted by Gasteiger charge is -2.31. The van der Waals surface area contributed by atoms with Crippen molar-refractivity contribution >= 4 is 5.91 Å². The Morgan fingerprint density at radius 2 is 1.78 bits per heavy atom. The van der Waals surface area contributed by atoms with Crippen molar-refractivity contribution in [3.05, 3.63) is 83.3 Å². The normalized spacial score (nSPS) is 16.1. The quantitative estimate of drug-likeness (QED) is 0.407. The van der Waals surface area contributed by atoms with Crippen LogP contribution < -0.4 is 5.32 Å². The molecule has 0 radical (unpaired) electrons. The minimum Gasteiger partial charge on any atom is -0.349 e. The minimum atomic E-state index is -4.54. The summed E-state index contributed by atoms with van der Waals surface area (Å²) in [6.45, 7) is 2.19. The molecular formula is C26H28F4N4O2. The van der Waals surface area contributed by atoms with Gasteiger partial charge in [0.25, 0.3) is 0 Å². The van der Waals surface area contributed by atoms with Crippen molar-refractivity contribution in [3.63, 3.8) is 0 Å². The molecule has 3 aromatic rings. The number of alkyl halides is 3. The molecule has 0 bridgehead atoms. The number of piperidine rings is 1. The monoisotopic (exact) mass is 504 g/mol. The van der Waals surface area contributed by atoms with Crippen LogP contribution in [0.25, 0.3) is 0 Å². The fourth-order valence-corrected chi connectivity index (χ4v) is 4.44.